The Morgan fingerprint density at radius 1 is 1.20 bits per heavy atom. The molecule has 0 bridgehead atoms. The van der Waals surface area contributed by atoms with Crippen molar-refractivity contribution in [1.29, 1.82) is 0 Å². The highest BCUT2D eigenvalue weighted by Crippen LogP contribution is 2.21. The third-order valence-electron chi connectivity index (χ3n) is 1.70. The number of alkyl halides is 3. The maximum absolute atomic E-state index is 12.9. The van der Waals surface area contributed by atoms with Crippen molar-refractivity contribution in [3.05, 3.63) is 30.3 Å². The minimum absolute atomic E-state index is 0.00926. The van der Waals surface area contributed by atoms with Gasteiger partial charge in [-0.1, -0.05) is 18.2 Å². The first kappa shape index (κ1) is 11.4. The van der Waals surface area contributed by atoms with Crippen LogP contribution in [0.4, 0.5) is 23.7 Å². The van der Waals surface area contributed by atoms with Crippen LogP contribution in [0.2, 0.25) is 0 Å². The summed E-state index contributed by atoms with van der Waals surface area (Å²) in [5.74, 6) is 0. The first-order valence-electron chi connectivity index (χ1n) is 4.03. The van der Waals surface area contributed by atoms with Crippen LogP contribution in [0.25, 0.3) is 0 Å². The monoisotopic (exact) mass is 219 g/mol. The average Bonchev–Trinajstić information content (AvgIpc) is 2.18. The molecule has 0 aliphatic rings. The largest absolute Gasteiger partial charge is 0.465 e. The standard InChI is InChI=1S/C9H8F3NO2/c10-7(11)8(12)13(9(14)15)6-4-2-1-3-5-6/h1-5,7-8H,(H,14,15). The van der Waals surface area contributed by atoms with Gasteiger partial charge in [-0.3, -0.25) is 0 Å². The number of amides is 1. The number of carbonyl (C=O) groups is 1. The lowest BCUT2D eigenvalue weighted by atomic mass is 10.3. The van der Waals surface area contributed by atoms with E-state index >= 15 is 0 Å². The van der Waals surface area contributed by atoms with Crippen molar-refractivity contribution in [2.24, 2.45) is 0 Å². The molecule has 1 amide bonds. The van der Waals surface area contributed by atoms with Gasteiger partial charge >= 0.3 is 6.09 Å². The predicted octanol–water partition coefficient (Wildman–Crippen LogP) is 2.73. The van der Waals surface area contributed by atoms with Crippen molar-refractivity contribution in [1.82, 2.24) is 0 Å². The third-order valence-corrected chi connectivity index (χ3v) is 1.70. The van der Waals surface area contributed by atoms with E-state index in [0.717, 1.165) is 0 Å². The van der Waals surface area contributed by atoms with Gasteiger partial charge < -0.3 is 5.11 Å². The van der Waals surface area contributed by atoms with E-state index in [1.807, 2.05) is 0 Å². The molecule has 1 unspecified atom stereocenters. The summed E-state index contributed by atoms with van der Waals surface area (Å²) in [6, 6.07) is 6.91. The molecule has 0 aliphatic heterocycles. The van der Waals surface area contributed by atoms with Crippen LogP contribution >= 0.6 is 0 Å². The lowest BCUT2D eigenvalue weighted by molar-refractivity contribution is 0.0477. The molecule has 0 fully saturated rings. The van der Waals surface area contributed by atoms with E-state index in [1.54, 1.807) is 6.07 Å². The fourth-order valence-electron chi connectivity index (χ4n) is 1.06. The minimum Gasteiger partial charge on any atom is -0.465 e. The second-order valence-electron chi connectivity index (χ2n) is 2.70. The summed E-state index contributed by atoms with van der Waals surface area (Å²) in [5.41, 5.74) is -0.127. The Labute approximate surface area is 83.7 Å². The second kappa shape index (κ2) is 4.68. The van der Waals surface area contributed by atoms with Gasteiger partial charge in [0.15, 0.2) is 0 Å². The van der Waals surface area contributed by atoms with Crippen molar-refractivity contribution < 1.29 is 23.1 Å². The topological polar surface area (TPSA) is 40.5 Å². The molecule has 0 radical (unpaired) electrons. The molecule has 15 heavy (non-hydrogen) atoms. The fourth-order valence-corrected chi connectivity index (χ4v) is 1.06. The number of hydrogen-bond acceptors (Lipinski definition) is 1. The zero-order valence-electron chi connectivity index (χ0n) is 7.48. The maximum Gasteiger partial charge on any atom is 0.414 e. The molecule has 1 N–H and O–H groups in total. The number of halogens is 3. The highest BCUT2D eigenvalue weighted by molar-refractivity contribution is 5.86. The van der Waals surface area contributed by atoms with Gasteiger partial charge in [0, 0.05) is 0 Å². The summed E-state index contributed by atoms with van der Waals surface area (Å²) in [6.07, 6.45) is -7.99. The van der Waals surface area contributed by atoms with Crippen LogP contribution in [0.1, 0.15) is 0 Å². The SMILES string of the molecule is O=C(O)N(c1ccccc1)C(F)C(F)F. The van der Waals surface area contributed by atoms with E-state index in [0.29, 0.717) is 0 Å². The van der Waals surface area contributed by atoms with Gasteiger partial charge in [0.05, 0.1) is 5.69 Å². The fraction of sp³-hybridized carbons (Fsp3) is 0.222. The molecule has 6 heteroatoms. The Morgan fingerprint density at radius 3 is 2.13 bits per heavy atom. The summed E-state index contributed by atoms with van der Waals surface area (Å²) < 4.78 is 37.0. The highest BCUT2D eigenvalue weighted by Gasteiger charge is 2.32. The van der Waals surface area contributed by atoms with Crippen molar-refractivity contribution in [3.63, 3.8) is 0 Å². The number of rotatable bonds is 3. The number of para-hydroxylation sites is 1. The quantitative estimate of drug-likeness (QED) is 0.794. The summed E-state index contributed by atoms with van der Waals surface area (Å²) in [4.78, 5) is 10.6. The van der Waals surface area contributed by atoms with Gasteiger partial charge in [0.1, 0.15) is 0 Å². The number of anilines is 1. The zero-order valence-corrected chi connectivity index (χ0v) is 7.48. The number of carboxylic acid groups (broad SMARTS) is 1. The van der Waals surface area contributed by atoms with Gasteiger partial charge in [-0.25, -0.2) is 22.9 Å². The minimum atomic E-state index is -3.37. The molecule has 82 valence electrons. The van der Waals surface area contributed by atoms with Crippen LogP contribution in [-0.2, 0) is 0 Å². The van der Waals surface area contributed by atoms with Crippen molar-refractivity contribution >= 4 is 11.8 Å². The summed E-state index contributed by atoms with van der Waals surface area (Å²) >= 11 is 0. The van der Waals surface area contributed by atoms with Crippen LogP contribution in [0.5, 0.6) is 0 Å². The number of hydrogen-bond donors (Lipinski definition) is 1. The molecule has 3 nitrogen and oxygen atoms in total. The van der Waals surface area contributed by atoms with E-state index in [-0.39, 0.29) is 10.6 Å². The molecule has 1 aromatic rings. The van der Waals surface area contributed by atoms with E-state index < -0.39 is 18.8 Å². The lowest BCUT2D eigenvalue weighted by Gasteiger charge is -2.22. The van der Waals surface area contributed by atoms with Crippen molar-refractivity contribution in [3.8, 4) is 0 Å². The predicted molar refractivity (Wildman–Crippen MR) is 47.8 cm³/mol. The van der Waals surface area contributed by atoms with Crippen LogP contribution in [0.15, 0.2) is 30.3 Å². The molecule has 0 aliphatic carbocycles. The lowest BCUT2D eigenvalue weighted by Crippen LogP contribution is -2.41. The van der Waals surface area contributed by atoms with E-state index in [9.17, 15) is 18.0 Å². The molecule has 0 heterocycles. The average molecular weight is 219 g/mol. The first-order chi connectivity index (χ1) is 7.04. The first-order valence-corrected chi connectivity index (χ1v) is 4.03. The molecule has 0 saturated carbocycles. The Kier molecular flexibility index (Phi) is 3.54. The van der Waals surface area contributed by atoms with Gasteiger partial charge in [-0.05, 0) is 12.1 Å². The van der Waals surface area contributed by atoms with Crippen LogP contribution in [-0.4, -0.2) is 23.9 Å². The smallest absolute Gasteiger partial charge is 0.414 e. The summed E-state index contributed by atoms with van der Waals surface area (Å²) in [6.45, 7) is 0. The second-order valence-corrected chi connectivity index (χ2v) is 2.70. The molecular formula is C9H8F3NO2. The van der Waals surface area contributed by atoms with Gasteiger partial charge in [0.25, 0.3) is 6.43 Å². The number of nitrogens with zero attached hydrogens (tertiary/aromatic N) is 1. The Morgan fingerprint density at radius 2 is 1.73 bits per heavy atom. The Balaban J connectivity index is 2.99. The van der Waals surface area contributed by atoms with Crippen LogP contribution in [0, 0.1) is 0 Å². The van der Waals surface area contributed by atoms with E-state index in [1.165, 1.54) is 24.3 Å². The summed E-state index contributed by atoms with van der Waals surface area (Å²) in [5, 5.41) is 8.60. The van der Waals surface area contributed by atoms with Gasteiger partial charge in [-0.15, -0.1) is 0 Å². The molecule has 0 aromatic heterocycles. The van der Waals surface area contributed by atoms with Crippen molar-refractivity contribution in [2.75, 3.05) is 4.90 Å². The summed E-state index contributed by atoms with van der Waals surface area (Å²) in [7, 11) is 0. The zero-order chi connectivity index (χ0) is 11.4. The molecule has 0 saturated heterocycles. The normalized spacial score (nSPS) is 12.5. The Hall–Kier alpha value is -1.72. The molecule has 1 aromatic carbocycles. The van der Waals surface area contributed by atoms with E-state index in [2.05, 4.69) is 0 Å². The third kappa shape index (κ3) is 2.61. The maximum atomic E-state index is 12.9. The van der Waals surface area contributed by atoms with E-state index in [4.69, 9.17) is 5.11 Å². The molecule has 1 atom stereocenters. The number of benzene rings is 1. The molecule has 1 rings (SSSR count). The Bertz CT molecular complexity index is 331. The highest BCUT2D eigenvalue weighted by atomic mass is 19.3. The molecular weight excluding hydrogens is 211 g/mol. The van der Waals surface area contributed by atoms with Crippen molar-refractivity contribution in [2.45, 2.75) is 12.7 Å². The van der Waals surface area contributed by atoms with Crippen LogP contribution in [0.3, 0.4) is 0 Å². The molecule has 0 spiro atoms. The van der Waals surface area contributed by atoms with Gasteiger partial charge in [0.2, 0.25) is 6.30 Å². The van der Waals surface area contributed by atoms with Gasteiger partial charge in [-0.2, -0.15) is 0 Å². The van der Waals surface area contributed by atoms with Crippen LogP contribution < -0.4 is 4.90 Å².